The number of ether oxygens (including phenoxy) is 2. The first-order valence-electron chi connectivity index (χ1n) is 13.8. The molecule has 39 heavy (non-hydrogen) atoms. The Morgan fingerprint density at radius 2 is 1.69 bits per heavy atom. The van der Waals surface area contributed by atoms with Gasteiger partial charge in [-0.05, 0) is 61.2 Å². The van der Waals surface area contributed by atoms with Crippen LogP contribution in [0.1, 0.15) is 36.3 Å². The van der Waals surface area contributed by atoms with E-state index in [1.807, 2.05) is 66.7 Å². The minimum absolute atomic E-state index is 0.145. The van der Waals surface area contributed by atoms with Crippen LogP contribution in [0.15, 0.2) is 97.2 Å². The summed E-state index contributed by atoms with van der Waals surface area (Å²) < 4.78 is 11.7. The minimum atomic E-state index is -0.663. The van der Waals surface area contributed by atoms with Crippen molar-refractivity contribution >= 4 is 16.9 Å². The minimum Gasteiger partial charge on any atom is -0.490 e. The van der Waals surface area contributed by atoms with Crippen molar-refractivity contribution in [3.8, 4) is 5.75 Å². The molecule has 0 aliphatic carbocycles. The molecule has 4 aromatic rings. The van der Waals surface area contributed by atoms with Gasteiger partial charge in [0.15, 0.2) is 0 Å². The summed E-state index contributed by atoms with van der Waals surface area (Å²) in [5.74, 6) is 0.566. The number of β-amino-alcohol motifs (C(OH)–C–C–N with tert-alkyl or cyclic N) is 1. The van der Waals surface area contributed by atoms with Crippen LogP contribution in [0.3, 0.4) is 0 Å². The molecule has 1 fully saturated rings. The highest BCUT2D eigenvalue weighted by molar-refractivity contribution is 5.84. The molecule has 3 aromatic carbocycles. The van der Waals surface area contributed by atoms with E-state index in [0.29, 0.717) is 25.4 Å². The summed E-state index contributed by atoms with van der Waals surface area (Å²) in [7, 11) is 0. The lowest BCUT2D eigenvalue weighted by atomic mass is 9.89. The standard InChI is InChI=1S/C33H36N2O4/c36-28(24-39-32-17-7-16-31-30(32)15-8-19-34-31)23-35-20-9-14-27(22-35)33(37)38-21-18-29(25-10-3-1-4-11-25)26-12-5-2-6-13-26/h1-8,10-13,15-17,19,27-29,36H,9,14,18,20-24H2/t27?,28-/m1/s1. The molecule has 1 N–H and O–H groups in total. The number of carbonyl (C=O) groups excluding carboxylic acids is 1. The molecule has 0 saturated carbocycles. The number of aliphatic hydroxyl groups excluding tert-OH is 1. The van der Waals surface area contributed by atoms with Crippen molar-refractivity contribution < 1.29 is 19.4 Å². The Balaban J connectivity index is 1.10. The van der Waals surface area contributed by atoms with E-state index in [-0.39, 0.29) is 24.4 Å². The molecule has 1 unspecified atom stereocenters. The molecule has 0 radical (unpaired) electrons. The quantitative estimate of drug-likeness (QED) is 0.263. The van der Waals surface area contributed by atoms with Crippen molar-refractivity contribution in [2.24, 2.45) is 5.92 Å². The molecular weight excluding hydrogens is 488 g/mol. The van der Waals surface area contributed by atoms with Crippen LogP contribution >= 0.6 is 0 Å². The molecule has 1 saturated heterocycles. The van der Waals surface area contributed by atoms with Crippen LogP contribution < -0.4 is 4.74 Å². The van der Waals surface area contributed by atoms with E-state index >= 15 is 0 Å². The maximum atomic E-state index is 13.0. The number of likely N-dealkylation sites (tertiary alicyclic amines) is 1. The van der Waals surface area contributed by atoms with Gasteiger partial charge < -0.3 is 14.6 Å². The largest absolute Gasteiger partial charge is 0.490 e. The third-order valence-electron chi connectivity index (χ3n) is 7.40. The Bertz CT molecular complexity index is 1290. The number of hydrogen-bond acceptors (Lipinski definition) is 6. The van der Waals surface area contributed by atoms with Gasteiger partial charge in [0, 0.05) is 30.6 Å². The number of benzene rings is 3. The molecule has 0 bridgehead atoms. The Labute approximate surface area is 230 Å². The van der Waals surface area contributed by atoms with Crippen LogP contribution in [0, 0.1) is 5.92 Å². The molecule has 6 nitrogen and oxygen atoms in total. The van der Waals surface area contributed by atoms with Gasteiger partial charge >= 0.3 is 5.97 Å². The first kappa shape index (κ1) is 26.9. The van der Waals surface area contributed by atoms with Gasteiger partial charge in [0.2, 0.25) is 0 Å². The molecule has 6 heteroatoms. The maximum absolute atomic E-state index is 13.0. The van der Waals surface area contributed by atoms with Crippen LogP contribution in [-0.2, 0) is 9.53 Å². The molecule has 1 aliphatic heterocycles. The first-order valence-corrected chi connectivity index (χ1v) is 13.8. The van der Waals surface area contributed by atoms with Crippen LogP contribution in [0.4, 0.5) is 0 Å². The van der Waals surface area contributed by atoms with Crippen molar-refractivity contribution in [2.45, 2.75) is 31.3 Å². The molecule has 202 valence electrons. The van der Waals surface area contributed by atoms with Crippen molar-refractivity contribution in [3.05, 3.63) is 108 Å². The van der Waals surface area contributed by atoms with E-state index in [0.717, 1.165) is 36.7 Å². The number of aromatic nitrogens is 1. The van der Waals surface area contributed by atoms with Crippen molar-refractivity contribution in [3.63, 3.8) is 0 Å². The van der Waals surface area contributed by atoms with Gasteiger partial charge in [-0.2, -0.15) is 0 Å². The summed E-state index contributed by atoms with van der Waals surface area (Å²) in [5.41, 5.74) is 3.31. The number of esters is 1. The van der Waals surface area contributed by atoms with Crippen molar-refractivity contribution in [1.82, 2.24) is 9.88 Å². The normalized spacial score (nSPS) is 16.7. The van der Waals surface area contributed by atoms with Crippen molar-refractivity contribution in [1.29, 1.82) is 0 Å². The van der Waals surface area contributed by atoms with Gasteiger partial charge in [-0.1, -0.05) is 66.7 Å². The second-order valence-corrected chi connectivity index (χ2v) is 10.2. The van der Waals surface area contributed by atoms with E-state index in [9.17, 15) is 9.90 Å². The zero-order valence-electron chi connectivity index (χ0n) is 22.2. The summed E-state index contributed by atoms with van der Waals surface area (Å²) in [6.07, 6.45) is 3.54. The van der Waals surface area contributed by atoms with E-state index in [1.165, 1.54) is 11.1 Å². The summed E-state index contributed by atoms with van der Waals surface area (Å²) >= 11 is 0. The number of aliphatic hydroxyl groups is 1. The molecular formula is C33H36N2O4. The maximum Gasteiger partial charge on any atom is 0.310 e. The lowest BCUT2D eigenvalue weighted by molar-refractivity contribution is -0.150. The topological polar surface area (TPSA) is 71.9 Å². The van der Waals surface area contributed by atoms with Crippen molar-refractivity contribution in [2.75, 3.05) is 32.8 Å². The third kappa shape index (κ3) is 7.22. The van der Waals surface area contributed by atoms with Gasteiger partial charge in [-0.25, -0.2) is 0 Å². The molecule has 5 rings (SSSR count). The first-order chi connectivity index (χ1) is 19.2. The number of fused-ring (bicyclic) bond motifs is 1. The third-order valence-corrected chi connectivity index (χ3v) is 7.40. The highest BCUT2D eigenvalue weighted by atomic mass is 16.5. The Hall–Kier alpha value is -3.74. The molecule has 1 aliphatic rings. The molecule has 0 spiro atoms. The fourth-order valence-electron chi connectivity index (χ4n) is 5.44. The lowest BCUT2D eigenvalue weighted by Gasteiger charge is -2.32. The number of piperidine rings is 1. The van der Waals surface area contributed by atoms with Gasteiger partial charge in [-0.15, -0.1) is 0 Å². The smallest absolute Gasteiger partial charge is 0.310 e. The summed E-state index contributed by atoms with van der Waals surface area (Å²) in [6, 6.07) is 30.3. The van der Waals surface area contributed by atoms with E-state index in [4.69, 9.17) is 9.47 Å². The number of carbonyl (C=O) groups is 1. The van der Waals surface area contributed by atoms with Gasteiger partial charge in [0.25, 0.3) is 0 Å². The fourth-order valence-corrected chi connectivity index (χ4v) is 5.44. The van der Waals surface area contributed by atoms with Gasteiger partial charge in [0.05, 0.1) is 18.0 Å². The molecule has 1 aromatic heterocycles. The van der Waals surface area contributed by atoms with Crippen LogP contribution in [0.2, 0.25) is 0 Å². The summed E-state index contributed by atoms with van der Waals surface area (Å²) in [6.45, 7) is 2.45. The average molecular weight is 525 g/mol. The van der Waals surface area contributed by atoms with Crippen LogP contribution in [0.5, 0.6) is 5.75 Å². The predicted octanol–water partition coefficient (Wildman–Crippen LogP) is 5.45. The van der Waals surface area contributed by atoms with E-state index in [1.54, 1.807) is 6.20 Å². The van der Waals surface area contributed by atoms with Crippen LogP contribution in [-0.4, -0.2) is 59.9 Å². The van der Waals surface area contributed by atoms with Gasteiger partial charge in [-0.3, -0.25) is 14.7 Å². The Morgan fingerprint density at radius 3 is 2.44 bits per heavy atom. The van der Waals surface area contributed by atoms with Crippen LogP contribution in [0.25, 0.3) is 10.9 Å². The molecule has 0 amide bonds. The number of rotatable bonds is 11. The average Bonchev–Trinajstić information content (AvgIpc) is 2.99. The zero-order valence-corrected chi connectivity index (χ0v) is 22.2. The fraction of sp³-hybridized carbons (Fsp3) is 0.333. The second kappa shape index (κ2) is 13.4. The monoisotopic (exact) mass is 524 g/mol. The Morgan fingerprint density at radius 1 is 0.949 bits per heavy atom. The molecule has 2 atom stereocenters. The van der Waals surface area contributed by atoms with E-state index < -0.39 is 6.10 Å². The van der Waals surface area contributed by atoms with E-state index in [2.05, 4.69) is 34.1 Å². The van der Waals surface area contributed by atoms with Gasteiger partial charge in [0.1, 0.15) is 18.5 Å². The summed E-state index contributed by atoms with van der Waals surface area (Å²) in [5, 5.41) is 11.6. The Kier molecular flexibility index (Phi) is 9.20. The SMILES string of the molecule is O=C(OCCC(c1ccccc1)c1ccccc1)C1CCCN(C[C@@H](O)COc2cccc3ncccc23)C1. The highest BCUT2D eigenvalue weighted by Crippen LogP contribution is 2.28. The predicted molar refractivity (Wildman–Crippen MR) is 153 cm³/mol. The number of pyridine rings is 1. The lowest BCUT2D eigenvalue weighted by Crippen LogP contribution is -2.44. The molecule has 2 heterocycles. The number of hydrogen-bond donors (Lipinski definition) is 1. The zero-order chi connectivity index (χ0) is 26.9. The summed E-state index contributed by atoms with van der Waals surface area (Å²) in [4.78, 5) is 19.5. The second-order valence-electron chi connectivity index (χ2n) is 10.2. The number of nitrogens with zero attached hydrogens (tertiary/aromatic N) is 2. The highest BCUT2D eigenvalue weighted by Gasteiger charge is 2.28.